The molecule has 1 aromatic carbocycles. The topological polar surface area (TPSA) is 0 Å². The molecule has 0 aromatic heterocycles. The van der Waals surface area contributed by atoms with E-state index in [1.807, 2.05) is 6.07 Å². The Bertz CT molecular complexity index is 261. The van der Waals surface area contributed by atoms with Gasteiger partial charge in [0.15, 0.2) is 0 Å². The van der Waals surface area contributed by atoms with Crippen LogP contribution in [-0.2, 0) is 6.42 Å². The quantitative estimate of drug-likeness (QED) is 0.610. The highest BCUT2D eigenvalue weighted by Gasteiger charge is 1.99. The molecule has 1 rings (SSSR count). The molecule has 0 amide bonds. The fourth-order valence-corrected chi connectivity index (χ4v) is 1.58. The minimum Gasteiger partial charge on any atom is -0.0654 e. The van der Waals surface area contributed by atoms with Crippen LogP contribution in [0, 0.1) is 19.9 Å². The minimum atomic E-state index is 1.23. The van der Waals surface area contributed by atoms with Crippen LogP contribution >= 0.6 is 0 Å². The Morgan fingerprint density at radius 2 is 2.00 bits per heavy atom. The first kappa shape index (κ1) is 10.3. The lowest BCUT2D eigenvalue weighted by Crippen LogP contribution is -1.92. The summed E-state index contributed by atoms with van der Waals surface area (Å²) in [6.07, 6.45) is 5.20. The molecule has 0 heteroatoms. The second kappa shape index (κ2) is 5.06. The molecular weight excluding hydrogens is 156 g/mol. The van der Waals surface area contributed by atoms with Crippen molar-refractivity contribution in [3.63, 3.8) is 0 Å². The maximum Gasteiger partial charge on any atom is -0.0149 e. The number of hydrogen-bond acceptors (Lipinski definition) is 0. The van der Waals surface area contributed by atoms with Crippen LogP contribution in [0.25, 0.3) is 0 Å². The summed E-state index contributed by atoms with van der Waals surface area (Å²) >= 11 is 0. The first-order valence-electron chi connectivity index (χ1n) is 5.22. The van der Waals surface area contributed by atoms with E-state index in [1.54, 1.807) is 0 Å². The highest BCUT2D eigenvalue weighted by molar-refractivity contribution is 5.32. The summed E-state index contributed by atoms with van der Waals surface area (Å²) < 4.78 is 0. The van der Waals surface area contributed by atoms with Crippen molar-refractivity contribution in [2.45, 2.75) is 46.5 Å². The molecule has 0 spiro atoms. The molecule has 0 aliphatic carbocycles. The molecule has 0 nitrogen and oxygen atoms in total. The minimum absolute atomic E-state index is 1.23. The van der Waals surface area contributed by atoms with Crippen molar-refractivity contribution < 1.29 is 0 Å². The van der Waals surface area contributed by atoms with Crippen LogP contribution in [0.2, 0.25) is 0 Å². The van der Waals surface area contributed by atoms with Gasteiger partial charge in [0.05, 0.1) is 0 Å². The van der Waals surface area contributed by atoms with E-state index in [0.717, 1.165) is 0 Å². The van der Waals surface area contributed by atoms with Gasteiger partial charge in [-0.25, -0.2) is 0 Å². The van der Waals surface area contributed by atoms with E-state index in [9.17, 15) is 0 Å². The third kappa shape index (κ3) is 2.87. The molecule has 71 valence electrons. The van der Waals surface area contributed by atoms with E-state index in [-0.39, 0.29) is 0 Å². The van der Waals surface area contributed by atoms with Crippen molar-refractivity contribution in [3.8, 4) is 0 Å². The van der Waals surface area contributed by atoms with Gasteiger partial charge in [-0.1, -0.05) is 31.9 Å². The van der Waals surface area contributed by atoms with Crippen molar-refractivity contribution in [2.75, 3.05) is 0 Å². The molecule has 0 aliphatic heterocycles. The molecule has 0 N–H and O–H groups in total. The fraction of sp³-hybridized carbons (Fsp3) is 0.538. The van der Waals surface area contributed by atoms with E-state index < -0.39 is 0 Å². The predicted octanol–water partition coefficient (Wildman–Crippen LogP) is 3.84. The van der Waals surface area contributed by atoms with Gasteiger partial charge in [0.1, 0.15) is 0 Å². The van der Waals surface area contributed by atoms with Crippen molar-refractivity contribution in [1.29, 1.82) is 0 Å². The van der Waals surface area contributed by atoms with Crippen LogP contribution in [0.5, 0.6) is 0 Å². The Morgan fingerprint density at radius 1 is 1.23 bits per heavy atom. The van der Waals surface area contributed by atoms with Crippen molar-refractivity contribution in [2.24, 2.45) is 0 Å². The first-order chi connectivity index (χ1) is 6.25. The largest absolute Gasteiger partial charge is 0.0654 e. The van der Waals surface area contributed by atoms with Gasteiger partial charge in [0, 0.05) is 0 Å². The number of rotatable bonds is 4. The van der Waals surface area contributed by atoms with E-state index in [0.29, 0.717) is 0 Å². The van der Waals surface area contributed by atoms with Gasteiger partial charge in [-0.2, -0.15) is 0 Å². The average molecular weight is 175 g/mol. The molecule has 1 radical (unpaired) electrons. The van der Waals surface area contributed by atoms with Crippen molar-refractivity contribution in [3.05, 3.63) is 34.9 Å². The zero-order chi connectivity index (χ0) is 9.68. The maximum absolute atomic E-state index is 3.23. The molecular formula is C13H19. The monoisotopic (exact) mass is 175 g/mol. The highest BCUT2D eigenvalue weighted by Crippen LogP contribution is 2.14. The van der Waals surface area contributed by atoms with Gasteiger partial charge in [-0.15, -0.1) is 0 Å². The van der Waals surface area contributed by atoms with Crippen LogP contribution < -0.4 is 0 Å². The Kier molecular flexibility index (Phi) is 4.01. The zero-order valence-electron chi connectivity index (χ0n) is 8.98. The van der Waals surface area contributed by atoms with Crippen molar-refractivity contribution >= 4 is 0 Å². The zero-order valence-corrected chi connectivity index (χ0v) is 8.98. The second-order valence-corrected chi connectivity index (χ2v) is 3.71. The summed E-state index contributed by atoms with van der Waals surface area (Å²) in [5.41, 5.74) is 4.23. The van der Waals surface area contributed by atoms with Crippen LogP contribution in [0.15, 0.2) is 12.1 Å². The lowest BCUT2D eigenvalue weighted by atomic mass is 9.99. The third-order valence-electron chi connectivity index (χ3n) is 2.68. The van der Waals surface area contributed by atoms with Crippen LogP contribution in [-0.4, -0.2) is 0 Å². The van der Waals surface area contributed by atoms with Crippen molar-refractivity contribution in [1.82, 2.24) is 0 Å². The predicted molar refractivity (Wildman–Crippen MR) is 58.0 cm³/mol. The highest BCUT2D eigenvalue weighted by atomic mass is 14.0. The molecule has 0 saturated heterocycles. The maximum atomic E-state index is 3.23. The Labute approximate surface area is 82.0 Å². The Balaban J connectivity index is 2.61. The standard InChI is InChI=1S/C13H19/c1-4-5-6-9-13-10-7-8-11(2)12(13)3/h7,10H,4-6,9H2,1-3H3. The summed E-state index contributed by atoms with van der Waals surface area (Å²) in [5, 5.41) is 0. The van der Waals surface area contributed by atoms with E-state index in [1.165, 1.54) is 42.4 Å². The van der Waals surface area contributed by atoms with E-state index in [4.69, 9.17) is 0 Å². The molecule has 0 fully saturated rings. The smallest absolute Gasteiger partial charge is 0.0149 e. The SMILES string of the molecule is CCCCCc1cc[c]c(C)c1C. The van der Waals surface area contributed by atoms with Crippen LogP contribution in [0.1, 0.15) is 42.9 Å². The number of benzene rings is 1. The summed E-state index contributed by atoms with van der Waals surface area (Å²) in [6, 6.07) is 7.48. The lowest BCUT2D eigenvalue weighted by Gasteiger charge is -2.07. The molecule has 0 heterocycles. The Hall–Kier alpha value is -0.780. The van der Waals surface area contributed by atoms with E-state index >= 15 is 0 Å². The third-order valence-corrected chi connectivity index (χ3v) is 2.68. The van der Waals surface area contributed by atoms with Crippen LogP contribution in [0.3, 0.4) is 0 Å². The number of unbranched alkanes of at least 4 members (excludes halogenated alkanes) is 2. The van der Waals surface area contributed by atoms with E-state index in [2.05, 4.69) is 32.9 Å². The molecule has 0 bridgehead atoms. The van der Waals surface area contributed by atoms with Gasteiger partial charge in [0.2, 0.25) is 0 Å². The van der Waals surface area contributed by atoms with Gasteiger partial charge in [0.25, 0.3) is 0 Å². The molecule has 0 saturated carbocycles. The fourth-order valence-electron chi connectivity index (χ4n) is 1.58. The number of hydrogen-bond donors (Lipinski definition) is 0. The first-order valence-corrected chi connectivity index (χ1v) is 5.22. The van der Waals surface area contributed by atoms with Gasteiger partial charge >= 0.3 is 0 Å². The molecule has 0 unspecified atom stereocenters. The summed E-state index contributed by atoms with van der Waals surface area (Å²) in [7, 11) is 0. The molecule has 13 heavy (non-hydrogen) atoms. The van der Waals surface area contributed by atoms with Gasteiger partial charge in [-0.05, 0) is 49.4 Å². The van der Waals surface area contributed by atoms with Gasteiger partial charge in [-0.3, -0.25) is 0 Å². The Morgan fingerprint density at radius 3 is 2.69 bits per heavy atom. The molecule has 1 aromatic rings. The number of aryl methyl sites for hydroxylation is 2. The average Bonchev–Trinajstić information content (AvgIpc) is 2.13. The molecule has 0 aliphatic rings. The molecule has 0 atom stereocenters. The lowest BCUT2D eigenvalue weighted by molar-refractivity contribution is 0.715. The summed E-state index contributed by atoms with van der Waals surface area (Å²) in [5.74, 6) is 0. The van der Waals surface area contributed by atoms with Gasteiger partial charge < -0.3 is 0 Å². The summed E-state index contributed by atoms with van der Waals surface area (Å²) in [6.45, 7) is 6.59. The van der Waals surface area contributed by atoms with Crippen LogP contribution in [0.4, 0.5) is 0 Å². The normalized spacial score (nSPS) is 10.4. The summed E-state index contributed by atoms with van der Waals surface area (Å²) in [4.78, 5) is 0. The second-order valence-electron chi connectivity index (χ2n) is 3.71.